The van der Waals surface area contributed by atoms with E-state index in [-0.39, 0.29) is 6.42 Å². The fourth-order valence-corrected chi connectivity index (χ4v) is 2.33. The van der Waals surface area contributed by atoms with Crippen LogP contribution >= 0.6 is 0 Å². The van der Waals surface area contributed by atoms with Crippen LogP contribution < -0.4 is 5.32 Å². The van der Waals surface area contributed by atoms with E-state index in [1.54, 1.807) is 0 Å². The van der Waals surface area contributed by atoms with Gasteiger partial charge in [0.25, 0.3) is 0 Å². The van der Waals surface area contributed by atoms with Crippen LogP contribution in [0.3, 0.4) is 0 Å². The molecular formula is C18H27NO4. The summed E-state index contributed by atoms with van der Waals surface area (Å²) >= 11 is 0. The molecule has 5 heteroatoms. The monoisotopic (exact) mass is 321 g/mol. The van der Waals surface area contributed by atoms with Crippen molar-refractivity contribution in [2.24, 2.45) is 5.92 Å². The summed E-state index contributed by atoms with van der Waals surface area (Å²) in [7, 11) is 0. The second-order valence-electron chi connectivity index (χ2n) is 5.74. The average Bonchev–Trinajstić information content (AvgIpc) is 2.55. The Balaban J connectivity index is 2.46. The van der Waals surface area contributed by atoms with Gasteiger partial charge in [0.1, 0.15) is 6.04 Å². The molecule has 0 heterocycles. The molecule has 0 saturated heterocycles. The maximum absolute atomic E-state index is 11.8. The molecule has 1 aromatic rings. The third-order valence-electron chi connectivity index (χ3n) is 3.87. The Hall–Kier alpha value is -2.04. The van der Waals surface area contributed by atoms with Crippen LogP contribution in [0.4, 0.5) is 4.79 Å². The number of carbonyl (C=O) groups excluding carboxylic acids is 1. The van der Waals surface area contributed by atoms with Crippen molar-refractivity contribution in [2.75, 3.05) is 6.61 Å². The Bertz CT molecular complexity index is 475. The number of hydrogen-bond acceptors (Lipinski definition) is 3. The van der Waals surface area contributed by atoms with Gasteiger partial charge in [-0.3, -0.25) is 0 Å². The molecule has 0 aliphatic heterocycles. The smallest absolute Gasteiger partial charge is 0.407 e. The van der Waals surface area contributed by atoms with Crippen molar-refractivity contribution in [1.29, 1.82) is 0 Å². The first kappa shape index (κ1) is 19.0. The number of carboxylic acids is 1. The van der Waals surface area contributed by atoms with Gasteiger partial charge in [-0.15, -0.1) is 0 Å². The minimum atomic E-state index is -1.07. The van der Waals surface area contributed by atoms with Gasteiger partial charge in [-0.1, -0.05) is 63.4 Å². The molecule has 0 bridgehead atoms. The molecule has 0 aliphatic carbocycles. The molecule has 128 valence electrons. The highest BCUT2D eigenvalue weighted by molar-refractivity contribution is 5.80. The second kappa shape index (κ2) is 10.6. The molecule has 1 amide bonds. The van der Waals surface area contributed by atoms with Crippen LogP contribution in [0.15, 0.2) is 30.3 Å². The normalized spacial score (nSPS) is 13.1. The zero-order valence-corrected chi connectivity index (χ0v) is 14.0. The zero-order valence-electron chi connectivity index (χ0n) is 14.0. The Kier molecular flexibility index (Phi) is 8.80. The number of carbonyl (C=O) groups is 2. The molecule has 0 radical (unpaired) electrons. The number of rotatable bonds is 10. The van der Waals surface area contributed by atoms with Gasteiger partial charge in [0.15, 0.2) is 0 Å². The van der Waals surface area contributed by atoms with Gasteiger partial charge in [0, 0.05) is 6.42 Å². The molecule has 23 heavy (non-hydrogen) atoms. The van der Waals surface area contributed by atoms with E-state index < -0.39 is 18.1 Å². The first-order valence-electron chi connectivity index (χ1n) is 8.26. The van der Waals surface area contributed by atoms with Crippen LogP contribution in [0.2, 0.25) is 0 Å². The summed E-state index contributed by atoms with van der Waals surface area (Å²) < 4.78 is 5.20. The number of carboxylic acid groups (broad SMARTS) is 1. The van der Waals surface area contributed by atoms with E-state index in [1.807, 2.05) is 30.3 Å². The lowest BCUT2D eigenvalue weighted by molar-refractivity contribution is -0.139. The van der Waals surface area contributed by atoms with E-state index >= 15 is 0 Å². The SMILES string of the molecule is CCCCC(CC)COC(=O)N[C@@H](Cc1ccccc1)C(=O)O. The van der Waals surface area contributed by atoms with Gasteiger partial charge in [-0.05, 0) is 17.9 Å². The van der Waals surface area contributed by atoms with Crippen LogP contribution in [0.25, 0.3) is 0 Å². The maximum Gasteiger partial charge on any atom is 0.407 e. The largest absolute Gasteiger partial charge is 0.480 e. The van der Waals surface area contributed by atoms with E-state index in [2.05, 4.69) is 19.2 Å². The first-order valence-corrected chi connectivity index (χ1v) is 8.26. The predicted molar refractivity (Wildman–Crippen MR) is 89.4 cm³/mol. The van der Waals surface area contributed by atoms with Gasteiger partial charge < -0.3 is 15.2 Å². The number of ether oxygens (including phenoxy) is 1. The van der Waals surface area contributed by atoms with Crippen LogP contribution in [0.1, 0.15) is 45.1 Å². The van der Waals surface area contributed by atoms with Crippen molar-refractivity contribution in [3.05, 3.63) is 35.9 Å². The Labute approximate surface area is 138 Å². The van der Waals surface area contributed by atoms with E-state index in [1.165, 1.54) is 0 Å². The average molecular weight is 321 g/mol. The first-order chi connectivity index (χ1) is 11.1. The van der Waals surface area contributed by atoms with E-state index in [4.69, 9.17) is 4.74 Å². The maximum atomic E-state index is 11.8. The molecule has 2 N–H and O–H groups in total. The van der Waals surface area contributed by atoms with Crippen LogP contribution in [-0.2, 0) is 16.0 Å². The van der Waals surface area contributed by atoms with Crippen LogP contribution in [0, 0.1) is 5.92 Å². The lowest BCUT2D eigenvalue weighted by Gasteiger charge is -2.17. The Morgan fingerprint density at radius 1 is 1.22 bits per heavy atom. The number of alkyl carbamates (subject to hydrolysis) is 1. The molecule has 1 unspecified atom stereocenters. The van der Waals surface area contributed by atoms with Gasteiger partial charge >= 0.3 is 12.1 Å². The number of unbranched alkanes of at least 4 members (excludes halogenated alkanes) is 1. The fourth-order valence-electron chi connectivity index (χ4n) is 2.33. The number of amides is 1. The molecule has 0 aliphatic rings. The summed E-state index contributed by atoms with van der Waals surface area (Å²) in [5.41, 5.74) is 0.856. The molecule has 1 aromatic carbocycles. The van der Waals surface area contributed by atoms with Crippen LogP contribution in [-0.4, -0.2) is 29.8 Å². The van der Waals surface area contributed by atoms with E-state index in [0.29, 0.717) is 12.5 Å². The number of hydrogen-bond donors (Lipinski definition) is 2. The molecule has 2 atom stereocenters. The molecule has 0 spiro atoms. The standard InChI is InChI=1S/C18H27NO4/c1-3-5-9-14(4-2)13-23-18(22)19-16(17(20)21)12-15-10-7-6-8-11-15/h6-8,10-11,14,16H,3-5,9,12-13H2,1-2H3,(H,19,22)(H,20,21)/t14?,16-/m0/s1. The van der Waals surface area contributed by atoms with Gasteiger partial charge in [-0.2, -0.15) is 0 Å². The number of nitrogens with one attached hydrogen (secondary N) is 1. The molecule has 0 fully saturated rings. The van der Waals surface area contributed by atoms with E-state index in [0.717, 1.165) is 31.2 Å². The summed E-state index contributed by atoms with van der Waals surface area (Å²) in [5.74, 6) is -0.734. The lowest BCUT2D eigenvalue weighted by Crippen LogP contribution is -2.43. The Morgan fingerprint density at radius 3 is 2.48 bits per heavy atom. The van der Waals surface area contributed by atoms with Crippen molar-refractivity contribution in [1.82, 2.24) is 5.32 Å². The summed E-state index contributed by atoms with van der Waals surface area (Å²) in [4.78, 5) is 23.2. The molecule has 1 rings (SSSR count). The summed E-state index contributed by atoms with van der Waals surface area (Å²) in [5, 5.41) is 11.7. The lowest BCUT2D eigenvalue weighted by atomic mass is 10.0. The fraction of sp³-hybridized carbons (Fsp3) is 0.556. The highest BCUT2D eigenvalue weighted by atomic mass is 16.5. The van der Waals surface area contributed by atoms with E-state index in [9.17, 15) is 14.7 Å². The molecule has 0 aromatic heterocycles. The molecular weight excluding hydrogens is 294 g/mol. The van der Waals surface area contributed by atoms with Crippen LogP contribution in [0.5, 0.6) is 0 Å². The predicted octanol–water partition coefficient (Wildman–Crippen LogP) is 3.62. The van der Waals surface area contributed by atoms with Gasteiger partial charge in [-0.25, -0.2) is 9.59 Å². The highest BCUT2D eigenvalue weighted by Crippen LogP contribution is 2.13. The van der Waals surface area contributed by atoms with Crippen molar-refractivity contribution in [2.45, 2.75) is 52.0 Å². The summed E-state index contributed by atoms with van der Waals surface area (Å²) in [6, 6.07) is 8.22. The molecule has 5 nitrogen and oxygen atoms in total. The van der Waals surface area contributed by atoms with Gasteiger partial charge in [0.05, 0.1) is 6.61 Å². The summed E-state index contributed by atoms with van der Waals surface area (Å²) in [6.45, 7) is 4.53. The van der Waals surface area contributed by atoms with Gasteiger partial charge in [0.2, 0.25) is 0 Å². The minimum absolute atomic E-state index is 0.234. The zero-order chi connectivity index (χ0) is 17.1. The number of benzene rings is 1. The molecule has 0 saturated carbocycles. The number of aliphatic carboxylic acids is 1. The third-order valence-corrected chi connectivity index (χ3v) is 3.87. The summed E-state index contributed by atoms with van der Waals surface area (Å²) in [6.07, 6.45) is 3.75. The Morgan fingerprint density at radius 2 is 1.91 bits per heavy atom. The van der Waals surface area contributed by atoms with Crippen molar-refractivity contribution in [3.63, 3.8) is 0 Å². The van der Waals surface area contributed by atoms with Crippen molar-refractivity contribution < 1.29 is 19.4 Å². The quantitative estimate of drug-likeness (QED) is 0.690. The topological polar surface area (TPSA) is 75.6 Å². The minimum Gasteiger partial charge on any atom is -0.480 e. The second-order valence-corrected chi connectivity index (χ2v) is 5.74. The highest BCUT2D eigenvalue weighted by Gasteiger charge is 2.21. The van der Waals surface area contributed by atoms with Crippen molar-refractivity contribution >= 4 is 12.1 Å². The third kappa shape index (κ3) is 7.68. The van der Waals surface area contributed by atoms with Crippen molar-refractivity contribution in [3.8, 4) is 0 Å².